The van der Waals surface area contributed by atoms with Gasteiger partial charge in [-0.15, -0.1) is 0 Å². The van der Waals surface area contributed by atoms with Crippen LogP contribution in [0.4, 0.5) is 10.5 Å². The number of likely N-dealkylation sites (tertiary alicyclic amines) is 1. The number of anilines is 1. The Morgan fingerprint density at radius 2 is 1.75 bits per heavy atom. The SMILES string of the molecule is CCC(=O)N(c1ccccc1)C1CCN(C(=O)OC(C)(C)C)CC1. The van der Waals surface area contributed by atoms with Gasteiger partial charge in [0.15, 0.2) is 0 Å². The molecule has 0 bridgehead atoms. The molecule has 1 aromatic rings. The first kappa shape index (κ1) is 18.3. The van der Waals surface area contributed by atoms with E-state index >= 15 is 0 Å². The number of hydrogen-bond donors (Lipinski definition) is 0. The highest BCUT2D eigenvalue weighted by Crippen LogP contribution is 2.25. The maximum absolute atomic E-state index is 12.4. The van der Waals surface area contributed by atoms with Gasteiger partial charge >= 0.3 is 6.09 Å². The van der Waals surface area contributed by atoms with Gasteiger partial charge in [0, 0.05) is 31.2 Å². The Kier molecular flexibility index (Phi) is 5.86. The topological polar surface area (TPSA) is 49.9 Å². The Morgan fingerprint density at radius 3 is 2.25 bits per heavy atom. The van der Waals surface area contributed by atoms with E-state index in [1.165, 1.54) is 0 Å². The van der Waals surface area contributed by atoms with Crippen molar-refractivity contribution < 1.29 is 14.3 Å². The lowest BCUT2D eigenvalue weighted by Gasteiger charge is -2.38. The minimum Gasteiger partial charge on any atom is -0.444 e. The number of nitrogens with zero attached hydrogens (tertiary/aromatic N) is 2. The van der Waals surface area contributed by atoms with Gasteiger partial charge < -0.3 is 14.5 Å². The zero-order chi connectivity index (χ0) is 17.7. The molecule has 0 saturated carbocycles. The fourth-order valence-corrected chi connectivity index (χ4v) is 2.95. The minimum absolute atomic E-state index is 0.122. The number of piperidine rings is 1. The summed E-state index contributed by atoms with van der Waals surface area (Å²) in [5.74, 6) is 0.122. The van der Waals surface area contributed by atoms with Crippen molar-refractivity contribution in [1.29, 1.82) is 0 Å². The fourth-order valence-electron chi connectivity index (χ4n) is 2.95. The number of rotatable bonds is 3. The molecule has 1 aliphatic rings. The summed E-state index contributed by atoms with van der Waals surface area (Å²) in [6, 6.07) is 9.89. The first-order chi connectivity index (χ1) is 11.3. The molecule has 0 aromatic heterocycles. The lowest BCUT2D eigenvalue weighted by molar-refractivity contribution is -0.119. The molecular weight excluding hydrogens is 304 g/mol. The van der Waals surface area contributed by atoms with Crippen LogP contribution in [-0.4, -0.2) is 41.6 Å². The summed E-state index contributed by atoms with van der Waals surface area (Å²) < 4.78 is 5.43. The lowest BCUT2D eigenvalue weighted by atomic mass is 10.0. The largest absolute Gasteiger partial charge is 0.444 e. The van der Waals surface area contributed by atoms with Crippen molar-refractivity contribution in [1.82, 2.24) is 4.90 Å². The molecule has 24 heavy (non-hydrogen) atoms. The molecule has 1 fully saturated rings. The Labute approximate surface area is 144 Å². The molecule has 0 unspecified atom stereocenters. The zero-order valence-corrected chi connectivity index (χ0v) is 15.1. The normalized spacial score (nSPS) is 15.9. The highest BCUT2D eigenvalue weighted by Gasteiger charge is 2.31. The lowest BCUT2D eigenvalue weighted by Crippen LogP contribution is -2.49. The van der Waals surface area contributed by atoms with Gasteiger partial charge in [-0.05, 0) is 45.7 Å². The van der Waals surface area contributed by atoms with Gasteiger partial charge in [-0.1, -0.05) is 25.1 Å². The summed E-state index contributed by atoms with van der Waals surface area (Å²) in [7, 11) is 0. The molecule has 2 rings (SSSR count). The third-order valence-electron chi connectivity index (χ3n) is 4.09. The van der Waals surface area contributed by atoms with Gasteiger partial charge in [-0.3, -0.25) is 4.79 Å². The standard InChI is InChI=1S/C19H28N2O3/c1-5-17(22)21(15-9-7-6-8-10-15)16-11-13-20(14-12-16)18(23)24-19(2,3)4/h6-10,16H,5,11-14H2,1-4H3. The van der Waals surface area contributed by atoms with Gasteiger partial charge in [-0.2, -0.15) is 0 Å². The summed E-state index contributed by atoms with van der Waals surface area (Å²) in [6.07, 6.45) is 1.73. The molecule has 0 spiro atoms. The number of benzene rings is 1. The molecule has 1 saturated heterocycles. The Morgan fingerprint density at radius 1 is 1.17 bits per heavy atom. The van der Waals surface area contributed by atoms with E-state index in [0.717, 1.165) is 18.5 Å². The summed E-state index contributed by atoms with van der Waals surface area (Å²) in [5, 5.41) is 0. The number of ether oxygens (including phenoxy) is 1. The third-order valence-corrected chi connectivity index (χ3v) is 4.09. The van der Waals surface area contributed by atoms with Gasteiger partial charge in [0.05, 0.1) is 0 Å². The molecule has 2 amide bonds. The average Bonchev–Trinajstić information content (AvgIpc) is 2.55. The van der Waals surface area contributed by atoms with Crippen LogP contribution in [0.5, 0.6) is 0 Å². The molecular formula is C19H28N2O3. The highest BCUT2D eigenvalue weighted by molar-refractivity contribution is 5.93. The Balaban J connectivity index is 2.03. The monoisotopic (exact) mass is 332 g/mol. The molecule has 132 valence electrons. The quantitative estimate of drug-likeness (QED) is 0.845. The van der Waals surface area contributed by atoms with E-state index in [1.54, 1.807) is 4.90 Å². The molecule has 1 aliphatic heterocycles. The second-order valence-electron chi connectivity index (χ2n) is 7.15. The van der Waals surface area contributed by atoms with Crippen LogP contribution in [0, 0.1) is 0 Å². The molecule has 0 aliphatic carbocycles. The van der Waals surface area contributed by atoms with Crippen molar-refractivity contribution in [3.05, 3.63) is 30.3 Å². The van der Waals surface area contributed by atoms with E-state index in [4.69, 9.17) is 4.74 Å². The second kappa shape index (κ2) is 7.69. The molecule has 1 aromatic carbocycles. The van der Waals surface area contributed by atoms with Crippen LogP contribution < -0.4 is 4.90 Å². The molecule has 5 heteroatoms. The predicted molar refractivity (Wildman–Crippen MR) is 95.0 cm³/mol. The van der Waals surface area contributed by atoms with E-state index in [2.05, 4.69) is 0 Å². The van der Waals surface area contributed by atoms with Crippen LogP contribution in [0.3, 0.4) is 0 Å². The van der Waals surface area contributed by atoms with Crippen LogP contribution in [-0.2, 0) is 9.53 Å². The fraction of sp³-hybridized carbons (Fsp3) is 0.579. The number of hydrogen-bond acceptors (Lipinski definition) is 3. The molecule has 1 heterocycles. The van der Waals surface area contributed by atoms with E-state index in [0.29, 0.717) is 19.5 Å². The smallest absolute Gasteiger partial charge is 0.410 e. The second-order valence-corrected chi connectivity index (χ2v) is 7.15. The van der Waals surface area contributed by atoms with Gasteiger partial charge in [0.2, 0.25) is 5.91 Å². The first-order valence-corrected chi connectivity index (χ1v) is 8.67. The number of para-hydroxylation sites is 1. The minimum atomic E-state index is -0.484. The maximum Gasteiger partial charge on any atom is 0.410 e. The Hall–Kier alpha value is -2.04. The van der Waals surface area contributed by atoms with Crippen LogP contribution in [0.2, 0.25) is 0 Å². The van der Waals surface area contributed by atoms with Crippen LogP contribution in [0.15, 0.2) is 30.3 Å². The van der Waals surface area contributed by atoms with Crippen molar-refractivity contribution in [2.45, 2.75) is 58.6 Å². The maximum atomic E-state index is 12.4. The van der Waals surface area contributed by atoms with Gasteiger partial charge in [0.1, 0.15) is 5.60 Å². The van der Waals surface area contributed by atoms with E-state index in [9.17, 15) is 9.59 Å². The van der Waals surface area contributed by atoms with Crippen LogP contribution in [0.1, 0.15) is 47.0 Å². The Bertz CT molecular complexity index is 558. The number of carbonyl (C=O) groups excluding carboxylic acids is 2. The summed E-state index contributed by atoms with van der Waals surface area (Å²) >= 11 is 0. The van der Waals surface area contributed by atoms with Crippen molar-refractivity contribution >= 4 is 17.7 Å². The van der Waals surface area contributed by atoms with Crippen LogP contribution >= 0.6 is 0 Å². The van der Waals surface area contributed by atoms with Crippen LogP contribution in [0.25, 0.3) is 0 Å². The average molecular weight is 332 g/mol. The molecule has 0 N–H and O–H groups in total. The summed E-state index contributed by atoms with van der Waals surface area (Å²) in [4.78, 5) is 28.2. The third kappa shape index (κ3) is 4.73. The first-order valence-electron chi connectivity index (χ1n) is 8.67. The predicted octanol–water partition coefficient (Wildman–Crippen LogP) is 3.83. The number of amides is 2. The van der Waals surface area contributed by atoms with Gasteiger partial charge in [-0.25, -0.2) is 4.79 Å². The van der Waals surface area contributed by atoms with E-state index in [1.807, 2.05) is 62.9 Å². The molecule has 0 atom stereocenters. The van der Waals surface area contributed by atoms with E-state index < -0.39 is 5.60 Å². The van der Waals surface area contributed by atoms with E-state index in [-0.39, 0.29) is 18.0 Å². The van der Waals surface area contributed by atoms with Crippen molar-refractivity contribution in [3.63, 3.8) is 0 Å². The van der Waals surface area contributed by atoms with Crippen molar-refractivity contribution in [2.24, 2.45) is 0 Å². The number of carbonyl (C=O) groups is 2. The summed E-state index contributed by atoms with van der Waals surface area (Å²) in [5.41, 5.74) is 0.447. The highest BCUT2D eigenvalue weighted by atomic mass is 16.6. The van der Waals surface area contributed by atoms with Gasteiger partial charge in [0.25, 0.3) is 0 Å². The molecule has 5 nitrogen and oxygen atoms in total. The van der Waals surface area contributed by atoms with Crippen molar-refractivity contribution in [3.8, 4) is 0 Å². The zero-order valence-electron chi connectivity index (χ0n) is 15.1. The van der Waals surface area contributed by atoms with Crippen molar-refractivity contribution in [2.75, 3.05) is 18.0 Å². The molecule has 0 radical (unpaired) electrons. The summed E-state index contributed by atoms with van der Waals surface area (Å²) in [6.45, 7) is 8.71.